The first-order valence-corrected chi connectivity index (χ1v) is 6.75. The van der Waals surface area contributed by atoms with Crippen molar-refractivity contribution in [3.05, 3.63) is 29.8 Å². The largest absolute Gasteiger partial charge is 0.483 e. The third-order valence-electron chi connectivity index (χ3n) is 3.00. The summed E-state index contributed by atoms with van der Waals surface area (Å²) in [4.78, 5) is 11.7. The molecule has 1 amide bonds. The van der Waals surface area contributed by atoms with Gasteiger partial charge in [-0.1, -0.05) is 18.2 Å². The first-order chi connectivity index (χ1) is 9.58. The molecule has 112 valence electrons. The van der Waals surface area contributed by atoms with E-state index in [1.807, 2.05) is 45.2 Å². The Morgan fingerprint density at radius 2 is 2.00 bits per heavy atom. The highest BCUT2D eigenvalue weighted by atomic mass is 16.5. The van der Waals surface area contributed by atoms with E-state index in [0.717, 1.165) is 11.3 Å². The molecule has 0 aliphatic carbocycles. The van der Waals surface area contributed by atoms with E-state index < -0.39 is 0 Å². The minimum atomic E-state index is -0.151. The van der Waals surface area contributed by atoms with Crippen LogP contribution in [0.3, 0.4) is 0 Å². The molecule has 0 radical (unpaired) electrons. The second-order valence-electron chi connectivity index (χ2n) is 4.76. The molecule has 0 spiro atoms. The molecule has 0 saturated heterocycles. The molecule has 2 N–H and O–H groups in total. The zero-order valence-corrected chi connectivity index (χ0v) is 12.6. The van der Waals surface area contributed by atoms with Gasteiger partial charge in [0.2, 0.25) is 0 Å². The first kappa shape index (κ1) is 16.5. The van der Waals surface area contributed by atoms with Crippen molar-refractivity contribution in [2.45, 2.75) is 25.9 Å². The summed E-state index contributed by atoms with van der Waals surface area (Å²) in [6.07, 6.45) is 0. The molecule has 1 rings (SSSR count). The highest BCUT2D eigenvalue weighted by Crippen LogP contribution is 2.24. The van der Waals surface area contributed by atoms with Crippen molar-refractivity contribution in [1.82, 2.24) is 10.6 Å². The summed E-state index contributed by atoms with van der Waals surface area (Å²) in [5, 5.41) is 5.97. The molecule has 0 heterocycles. The number of hydrogen-bond acceptors (Lipinski definition) is 4. The van der Waals surface area contributed by atoms with Gasteiger partial charge in [-0.05, 0) is 27.0 Å². The van der Waals surface area contributed by atoms with Gasteiger partial charge in [0.1, 0.15) is 5.75 Å². The topological polar surface area (TPSA) is 59.6 Å². The van der Waals surface area contributed by atoms with Gasteiger partial charge in [0.25, 0.3) is 5.91 Å². The van der Waals surface area contributed by atoms with Crippen molar-refractivity contribution in [2.75, 3.05) is 27.4 Å². The summed E-state index contributed by atoms with van der Waals surface area (Å²) < 4.78 is 10.6. The van der Waals surface area contributed by atoms with Gasteiger partial charge in [0, 0.05) is 24.8 Å². The number of methoxy groups -OCH3 is 1. The predicted octanol–water partition coefficient (Wildman–Crippen LogP) is 1.50. The summed E-state index contributed by atoms with van der Waals surface area (Å²) >= 11 is 0. The van der Waals surface area contributed by atoms with Gasteiger partial charge in [0.15, 0.2) is 6.61 Å². The Bertz CT molecular complexity index is 423. The van der Waals surface area contributed by atoms with Crippen LogP contribution in [0.25, 0.3) is 0 Å². The Morgan fingerprint density at radius 3 is 2.65 bits per heavy atom. The number of nitrogens with one attached hydrogen (secondary N) is 2. The summed E-state index contributed by atoms with van der Waals surface area (Å²) in [6.45, 7) is 4.42. The Balaban J connectivity index is 2.55. The molecule has 1 aromatic carbocycles. The van der Waals surface area contributed by atoms with Crippen molar-refractivity contribution in [3.8, 4) is 5.75 Å². The third-order valence-corrected chi connectivity index (χ3v) is 3.00. The van der Waals surface area contributed by atoms with E-state index in [4.69, 9.17) is 9.47 Å². The minimum absolute atomic E-state index is 0.00149. The SMILES string of the molecule is CNC(C)c1ccccc1OCC(=O)NC(C)COC. The quantitative estimate of drug-likeness (QED) is 0.757. The smallest absolute Gasteiger partial charge is 0.258 e. The van der Waals surface area contributed by atoms with Crippen molar-refractivity contribution < 1.29 is 14.3 Å². The van der Waals surface area contributed by atoms with Crippen LogP contribution < -0.4 is 15.4 Å². The summed E-state index contributed by atoms with van der Waals surface area (Å²) in [5.41, 5.74) is 1.03. The average Bonchev–Trinajstić information content (AvgIpc) is 2.44. The van der Waals surface area contributed by atoms with E-state index >= 15 is 0 Å². The molecule has 1 aromatic rings. The number of hydrogen-bond donors (Lipinski definition) is 2. The number of carbonyl (C=O) groups is 1. The second kappa shape index (κ2) is 8.55. The molecule has 20 heavy (non-hydrogen) atoms. The van der Waals surface area contributed by atoms with Crippen LogP contribution in [0.4, 0.5) is 0 Å². The molecule has 5 nitrogen and oxygen atoms in total. The maximum Gasteiger partial charge on any atom is 0.258 e. The molecular weight excluding hydrogens is 256 g/mol. The standard InChI is InChI=1S/C15H24N2O3/c1-11(9-19-4)17-15(18)10-20-14-8-6-5-7-13(14)12(2)16-3/h5-8,11-12,16H,9-10H2,1-4H3,(H,17,18). The lowest BCUT2D eigenvalue weighted by atomic mass is 10.1. The van der Waals surface area contributed by atoms with Crippen LogP contribution in [0, 0.1) is 0 Å². The van der Waals surface area contributed by atoms with Gasteiger partial charge < -0.3 is 20.1 Å². The molecule has 2 unspecified atom stereocenters. The second-order valence-corrected chi connectivity index (χ2v) is 4.76. The number of carbonyl (C=O) groups excluding carboxylic acids is 1. The van der Waals surface area contributed by atoms with Crippen molar-refractivity contribution in [3.63, 3.8) is 0 Å². The number of para-hydroxylation sites is 1. The zero-order valence-electron chi connectivity index (χ0n) is 12.6. The van der Waals surface area contributed by atoms with Crippen LogP contribution in [0.5, 0.6) is 5.75 Å². The van der Waals surface area contributed by atoms with E-state index in [1.165, 1.54) is 0 Å². The molecule has 0 bridgehead atoms. The summed E-state index contributed by atoms with van der Waals surface area (Å²) in [7, 11) is 3.50. The lowest BCUT2D eigenvalue weighted by Crippen LogP contribution is -2.38. The van der Waals surface area contributed by atoms with Crippen LogP contribution in [0.15, 0.2) is 24.3 Å². The van der Waals surface area contributed by atoms with Gasteiger partial charge in [-0.25, -0.2) is 0 Å². The van der Waals surface area contributed by atoms with E-state index in [-0.39, 0.29) is 24.6 Å². The summed E-state index contributed by atoms with van der Waals surface area (Å²) in [6, 6.07) is 7.85. The lowest BCUT2D eigenvalue weighted by molar-refractivity contribution is -0.124. The molecule has 0 fully saturated rings. The maximum atomic E-state index is 11.7. The van der Waals surface area contributed by atoms with Gasteiger partial charge in [-0.2, -0.15) is 0 Å². The number of benzene rings is 1. The van der Waals surface area contributed by atoms with Gasteiger partial charge >= 0.3 is 0 Å². The Hall–Kier alpha value is -1.59. The Labute approximate surface area is 120 Å². The fourth-order valence-electron chi connectivity index (χ4n) is 1.88. The maximum absolute atomic E-state index is 11.7. The molecule has 0 aromatic heterocycles. The normalized spacial score (nSPS) is 13.6. The average molecular weight is 280 g/mol. The van der Waals surface area contributed by atoms with Crippen LogP contribution in [0.2, 0.25) is 0 Å². The molecular formula is C15H24N2O3. The molecule has 0 aliphatic heterocycles. The highest BCUT2D eigenvalue weighted by Gasteiger charge is 2.12. The third kappa shape index (κ3) is 5.19. The predicted molar refractivity (Wildman–Crippen MR) is 78.9 cm³/mol. The summed E-state index contributed by atoms with van der Waals surface area (Å²) in [5.74, 6) is 0.574. The van der Waals surface area contributed by atoms with Gasteiger partial charge in [0.05, 0.1) is 6.61 Å². The van der Waals surface area contributed by atoms with Gasteiger partial charge in [-0.3, -0.25) is 4.79 Å². The molecule has 5 heteroatoms. The number of rotatable bonds is 8. The van der Waals surface area contributed by atoms with Crippen LogP contribution in [-0.4, -0.2) is 39.3 Å². The number of amides is 1. The molecule has 0 aliphatic rings. The lowest BCUT2D eigenvalue weighted by Gasteiger charge is -2.17. The van der Waals surface area contributed by atoms with Crippen molar-refractivity contribution >= 4 is 5.91 Å². The minimum Gasteiger partial charge on any atom is -0.483 e. The highest BCUT2D eigenvalue weighted by molar-refractivity contribution is 5.77. The van der Waals surface area contributed by atoms with Crippen LogP contribution in [-0.2, 0) is 9.53 Å². The molecule has 0 saturated carbocycles. The van der Waals surface area contributed by atoms with Crippen molar-refractivity contribution in [2.24, 2.45) is 0 Å². The van der Waals surface area contributed by atoms with E-state index in [0.29, 0.717) is 6.61 Å². The zero-order chi connectivity index (χ0) is 15.0. The Morgan fingerprint density at radius 1 is 1.30 bits per heavy atom. The van der Waals surface area contributed by atoms with Crippen LogP contribution >= 0.6 is 0 Å². The van der Waals surface area contributed by atoms with E-state index in [2.05, 4.69) is 10.6 Å². The number of ether oxygens (including phenoxy) is 2. The fraction of sp³-hybridized carbons (Fsp3) is 0.533. The first-order valence-electron chi connectivity index (χ1n) is 6.75. The molecule has 2 atom stereocenters. The Kier molecular flexibility index (Phi) is 7.04. The van der Waals surface area contributed by atoms with Gasteiger partial charge in [-0.15, -0.1) is 0 Å². The fourth-order valence-corrected chi connectivity index (χ4v) is 1.88. The monoisotopic (exact) mass is 280 g/mol. The van der Waals surface area contributed by atoms with E-state index in [1.54, 1.807) is 7.11 Å². The van der Waals surface area contributed by atoms with Crippen molar-refractivity contribution in [1.29, 1.82) is 0 Å². The van der Waals surface area contributed by atoms with Crippen LogP contribution in [0.1, 0.15) is 25.5 Å². The van der Waals surface area contributed by atoms with E-state index in [9.17, 15) is 4.79 Å².